The van der Waals surface area contributed by atoms with Gasteiger partial charge in [0.05, 0.1) is 6.54 Å². The molecule has 1 aliphatic heterocycles. The molecule has 1 aromatic rings. The van der Waals surface area contributed by atoms with Crippen LogP contribution in [0.15, 0.2) is 29.3 Å². The van der Waals surface area contributed by atoms with E-state index < -0.39 is 0 Å². The lowest BCUT2D eigenvalue weighted by atomic mass is 10.1. The van der Waals surface area contributed by atoms with Crippen molar-refractivity contribution in [1.82, 2.24) is 16.0 Å². The Balaban J connectivity index is 1.82. The Bertz CT molecular complexity index is 706. The van der Waals surface area contributed by atoms with Crippen LogP contribution < -0.4 is 21.3 Å². The molecule has 8 nitrogen and oxygen atoms in total. The normalized spacial score (nSPS) is 17.1. The summed E-state index contributed by atoms with van der Waals surface area (Å²) in [4.78, 5) is 28.2. The highest BCUT2D eigenvalue weighted by Gasteiger charge is 2.23. The minimum absolute atomic E-state index is 0.103. The van der Waals surface area contributed by atoms with Crippen molar-refractivity contribution in [3.05, 3.63) is 29.8 Å². The number of carbonyl (C=O) groups is 2. The van der Waals surface area contributed by atoms with Crippen molar-refractivity contribution in [1.29, 1.82) is 0 Å². The van der Waals surface area contributed by atoms with Crippen molar-refractivity contribution in [2.75, 3.05) is 25.5 Å². The SMILES string of the molecule is CN=C(NCC(=O)NC(C)(C)C)NCc1cccc(NC(=O)C2CCCO2)c1. The first-order valence-corrected chi connectivity index (χ1v) is 9.54. The average molecular weight is 390 g/mol. The molecular weight excluding hydrogens is 358 g/mol. The van der Waals surface area contributed by atoms with E-state index in [4.69, 9.17) is 4.74 Å². The molecule has 1 saturated heterocycles. The van der Waals surface area contributed by atoms with Crippen molar-refractivity contribution in [2.45, 2.75) is 51.8 Å². The molecule has 1 aliphatic rings. The summed E-state index contributed by atoms with van der Waals surface area (Å²) < 4.78 is 5.41. The Hall–Kier alpha value is -2.61. The van der Waals surface area contributed by atoms with Crippen LogP contribution in [0.1, 0.15) is 39.2 Å². The smallest absolute Gasteiger partial charge is 0.253 e. The summed E-state index contributed by atoms with van der Waals surface area (Å²) in [5.74, 6) is 0.317. The topological polar surface area (TPSA) is 104 Å². The first kappa shape index (κ1) is 21.7. The molecule has 0 radical (unpaired) electrons. The Morgan fingerprint density at radius 3 is 2.68 bits per heavy atom. The molecule has 1 unspecified atom stereocenters. The van der Waals surface area contributed by atoms with Crippen LogP contribution in [-0.2, 0) is 20.9 Å². The largest absolute Gasteiger partial charge is 0.368 e. The van der Waals surface area contributed by atoms with Gasteiger partial charge in [0, 0.05) is 31.4 Å². The molecule has 2 rings (SSSR count). The summed E-state index contributed by atoms with van der Waals surface area (Å²) in [6.07, 6.45) is 1.32. The zero-order chi connectivity index (χ0) is 20.6. The molecule has 0 bridgehead atoms. The molecule has 154 valence electrons. The molecule has 2 amide bonds. The minimum atomic E-state index is -0.357. The third-order valence-electron chi connectivity index (χ3n) is 4.03. The predicted molar refractivity (Wildman–Crippen MR) is 110 cm³/mol. The van der Waals surface area contributed by atoms with E-state index >= 15 is 0 Å². The molecular formula is C20H31N5O3. The number of ether oxygens (including phenoxy) is 1. The summed E-state index contributed by atoms with van der Waals surface area (Å²) in [6, 6.07) is 7.59. The quantitative estimate of drug-likeness (QED) is 0.435. The molecule has 1 aromatic carbocycles. The number of amides is 2. The maximum Gasteiger partial charge on any atom is 0.253 e. The third kappa shape index (κ3) is 7.56. The maximum atomic E-state index is 12.2. The fourth-order valence-corrected chi connectivity index (χ4v) is 2.80. The Labute approximate surface area is 166 Å². The van der Waals surface area contributed by atoms with Gasteiger partial charge in [0.25, 0.3) is 5.91 Å². The monoisotopic (exact) mass is 389 g/mol. The maximum absolute atomic E-state index is 12.2. The molecule has 0 aliphatic carbocycles. The van der Waals surface area contributed by atoms with Gasteiger partial charge in [-0.25, -0.2) is 0 Å². The molecule has 0 saturated carbocycles. The summed E-state index contributed by atoms with van der Waals surface area (Å²) in [7, 11) is 1.65. The average Bonchev–Trinajstić information content (AvgIpc) is 3.15. The molecule has 4 N–H and O–H groups in total. The number of guanidine groups is 1. The molecule has 0 spiro atoms. The number of hydrogen-bond donors (Lipinski definition) is 4. The van der Waals surface area contributed by atoms with Gasteiger partial charge in [-0.3, -0.25) is 14.6 Å². The van der Waals surface area contributed by atoms with Crippen LogP contribution in [0, 0.1) is 0 Å². The number of nitrogens with one attached hydrogen (secondary N) is 4. The molecule has 1 atom stereocenters. The van der Waals surface area contributed by atoms with Gasteiger partial charge in [-0.15, -0.1) is 0 Å². The van der Waals surface area contributed by atoms with Crippen LogP contribution in [0.25, 0.3) is 0 Å². The second-order valence-corrected chi connectivity index (χ2v) is 7.77. The zero-order valence-corrected chi connectivity index (χ0v) is 17.1. The van der Waals surface area contributed by atoms with Gasteiger partial charge in [-0.1, -0.05) is 12.1 Å². The van der Waals surface area contributed by atoms with Gasteiger partial charge in [0.2, 0.25) is 5.91 Å². The van der Waals surface area contributed by atoms with Crippen LogP contribution in [0.4, 0.5) is 5.69 Å². The van der Waals surface area contributed by atoms with Crippen molar-refractivity contribution >= 4 is 23.5 Å². The number of nitrogens with zero attached hydrogens (tertiary/aromatic N) is 1. The van der Waals surface area contributed by atoms with Crippen LogP contribution in [-0.4, -0.2) is 49.6 Å². The van der Waals surface area contributed by atoms with E-state index in [-0.39, 0.29) is 30.0 Å². The first-order chi connectivity index (χ1) is 13.3. The Morgan fingerprint density at radius 2 is 2.04 bits per heavy atom. The fraction of sp³-hybridized carbons (Fsp3) is 0.550. The van der Waals surface area contributed by atoms with Gasteiger partial charge in [-0.2, -0.15) is 0 Å². The van der Waals surface area contributed by atoms with Crippen LogP contribution in [0.5, 0.6) is 0 Å². The number of aliphatic imine (C=N–C) groups is 1. The van der Waals surface area contributed by atoms with E-state index in [0.29, 0.717) is 19.1 Å². The van der Waals surface area contributed by atoms with Crippen molar-refractivity contribution in [2.24, 2.45) is 4.99 Å². The van der Waals surface area contributed by atoms with E-state index in [1.807, 2.05) is 45.0 Å². The molecule has 28 heavy (non-hydrogen) atoms. The fourth-order valence-electron chi connectivity index (χ4n) is 2.80. The number of anilines is 1. The minimum Gasteiger partial charge on any atom is -0.368 e. The zero-order valence-electron chi connectivity index (χ0n) is 17.1. The molecule has 1 fully saturated rings. The summed E-state index contributed by atoms with van der Waals surface area (Å²) in [5.41, 5.74) is 1.43. The van der Waals surface area contributed by atoms with Gasteiger partial charge < -0.3 is 26.0 Å². The molecule has 1 heterocycles. The first-order valence-electron chi connectivity index (χ1n) is 9.54. The van der Waals surface area contributed by atoms with Gasteiger partial charge in [0.1, 0.15) is 6.10 Å². The lowest BCUT2D eigenvalue weighted by molar-refractivity contribution is -0.124. The van der Waals surface area contributed by atoms with E-state index in [9.17, 15) is 9.59 Å². The Morgan fingerprint density at radius 1 is 1.25 bits per heavy atom. The van der Waals surface area contributed by atoms with Crippen LogP contribution in [0.2, 0.25) is 0 Å². The third-order valence-corrected chi connectivity index (χ3v) is 4.03. The lowest BCUT2D eigenvalue weighted by Gasteiger charge is -2.21. The number of carbonyl (C=O) groups excluding carboxylic acids is 2. The van der Waals surface area contributed by atoms with Gasteiger partial charge in [0.15, 0.2) is 5.96 Å². The second-order valence-electron chi connectivity index (χ2n) is 7.77. The number of benzene rings is 1. The highest BCUT2D eigenvalue weighted by atomic mass is 16.5. The van der Waals surface area contributed by atoms with E-state index in [2.05, 4.69) is 26.3 Å². The standard InChI is InChI=1S/C20H31N5O3/c1-20(2,3)25-17(26)13-23-19(21-4)22-12-14-7-5-8-15(11-14)24-18(27)16-9-6-10-28-16/h5,7-8,11,16H,6,9-10,12-13H2,1-4H3,(H,24,27)(H,25,26)(H2,21,22,23). The van der Waals surface area contributed by atoms with Crippen molar-refractivity contribution in [3.8, 4) is 0 Å². The van der Waals surface area contributed by atoms with Crippen LogP contribution >= 0.6 is 0 Å². The highest BCUT2D eigenvalue weighted by molar-refractivity contribution is 5.94. The van der Waals surface area contributed by atoms with Gasteiger partial charge in [-0.05, 0) is 51.3 Å². The van der Waals surface area contributed by atoms with E-state index in [1.165, 1.54) is 0 Å². The summed E-state index contributed by atoms with van der Waals surface area (Å²) >= 11 is 0. The predicted octanol–water partition coefficient (Wildman–Crippen LogP) is 1.38. The van der Waals surface area contributed by atoms with Crippen molar-refractivity contribution in [3.63, 3.8) is 0 Å². The molecule has 0 aromatic heterocycles. The second kappa shape index (κ2) is 10.1. The van der Waals surface area contributed by atoms with Crippen LogP contribution in [0.3, 0.4) is 0 Å². The molecule has 8 heteroatoms. The number of hydrogen-bond acceptors (Lipinski definition) is 4. The Kier molecular flexibility index (Phi) is 7.80. The number of rotatable bonds is 6. The van der Waals surface area contributed by atoms with Gasteiger partial charge >= 0.3 is 0 Å². The summed E-state index contributed by atoms with van der Waals surface area (Å²) in [6.45, 7) is 7.08. The van der Waals surface area contributed by atoms with E-state index in [1.54, 1.807) is 7.05 Å². The summed E-state index contributed by atoms with van der Waals surface area (Å²) in [5, 5.41) is 11.9. The van der Waals surface area contributed by atoms with E-state index in [0.717, 1.165) is 24.1 Å². The van der Waals surface area contributed by atoms with Crippen molar-refractivity contribution < 1.29 is 14.3 Å². The lowest BCUT2D eigenvalue weighted by Crippen LogP contribution is -2.48. The highest BCUT2D eigenvalue weighted by Crippen LogP contribution is 2.16.